The molecule has 0 unspecified atom stereocenters. The zero-order chi connectivity index (χ0) is 15.6. The van der Waals surface area contributed by atoms with E-state index in [2.05, 4.69) is 11.6 Å². The maximum absolute atomic E-state index is 12.6. The molecule has 1 amide bonds. The lowest BCUT2D eigenvalue weighted by Gasteiger charge is -2.39. The van der Waals surface area contributed by atoms with E-state index in [1.165, 1.54) is 18.5 Å². The summed E-state index contributed by atoms with van der Waals surface area (Å²) >= 11 is 1.16. The Bertz CT molecular complexity index is 612. The van der Waals surface area contributed by atoms with E-state index in [1.807, 2.05) is 0 Å². The molecule has 2 atom stereocenters. The fourth-order valence-corrected chi connectivity index (χ4v) is 4.65. The predicted molar refractivity (Wildman–Crippen MR) is 82.8 cm³/mol. The van der Waals surface area contributed by atoms with Gasteiger partial charge in [0.1, 0.15) is 0 Å². The second-order valence-corrected chi connectivity index (χ2v) is 8.07. The molecule has 1 aliphatic rings. The number of nitrogens with one attached hydrogen (secondary N) is 1. The summed E-state index contributed by atoms with van der Waals surface area (Å²) in [4.78, 5) is 15.0. The maximum Gasteiger partial charge on any atom is 0.264 e. The molecule has 0 aliphatic carbocycles. The number of hydrogen-bond donors (Lipinski definition) is 2. The zero-order valence-corrected chi connectivity index (χ0v) is 13.8. The first-order chi connectivity index (χ1) is 9.90. The summed E-state index contributed by atoms with van der Waals surface area (Å²) in [6.45, 7) is 3.21. The SMILES string of the molecule is CNS(=O)(=O)c1csc(C(=O)N2CCC[C@H](C)[C@H]2CN)c1. The lowest BCUT2D eigenvalue weighted by atomic mass is 9.90. The number of carbonyl (C=O) groups is 1. The molecular weight excluding hydrogens is 310 g/mol. The summed E-state index contributed by atoms with van der Waals surface area (Å²) in [6, 6.07) is 1.46. The van der Waals surface area contributed by atoms with Crippen LogP contribution in [-0.2, 0) is 10.0 Å². The van der Waals surface area contributed by atoms with Crippen molar-refractivity contribution in [3.8, 4) is 0 Å². The number of nitrogens with zero attached hydrogens (tertiary/aromatic N) is 1. The molecule has 6 nitrogen and oxygen atoms in total. The Balaban J connectivity index is 2.24. The third-order valence-electron chi connectivity index (χ3n) is 3.98. The van der Waals surface area contributed by atoms with E-state index in [9.17, 15) is 13.2 Å². The van der Waals surface area contributed by atoms with Gasteiger partial charge in [-0.05, 0) is 31.9 Å². The van der Waals surface area contributed by atoms with Crippen LogP contribution in [-0.4, -0.2) is 45.4 Å². The number of thiophene rings is 1. The van der Waals surface area contributed by atoms with Crippen LogP contribution in [0.25, 0.3) is 0 Å². The molecule has 0 saturated carbocycles. The second-order valence-electron chi connectivity index (χ2n) is 5.28. The van der Waals surface area contributed by atoms with Crippen LogP contribution in [0.5, 0.6) is 0 Å². The first-order valence-electron chi connectivity index (χ1n) is 6.94. The Labute approximate surface area is 129 Å². The van der Waals surface area contributed by atoms with Crippen molar-refractivity contribution in [1.82, 2.24) is 9.62 Å². The molecule has 1 aromatic heterocycles. The van der Waals surface area contributed by atoms with Gasteiger partial charge < -0.3 is 10.6 Å². The zero-order valence-electron chi connectivity index (χ0n) is 12.2. The van der Waals surface area contributed by atoms with Crippen LogP contribution < -0.4 is 10.5 Å². The van der Waals surface area contributed by atoms with Gasteiger partial charge in [-0.3, -0.25) is 4.79 Å². The fourth-order valence-electron chi connectivity index (χ4n) is 2.69. The average molecular weight is 331 g/mol. The third kappa shape index (κ3) is 3.28. The number of rotatable bonds is 4. The van der Waals surface area contributed by atoms with Gasteiger partial charge in [0.15, 0.2) is 0 Å². The monoisotopic (exact) mass is 331 g/mol. The van der Waals surface area contributed by atoms with Crippen molar-refractivity contribution < 1.29 is 13.2 Å². The topological polar surface area (TPSA) is 92.5 Å². The number of piperidine rings is 1. The first kappa shape index (κ1) is 16.4. The highest BCUT2D eigenvalue weighted by Crippen LogP contribution is 2.27. The minimum Gasteiger partial charge on any atom is -0.333 e. The number of carbonyl (C=O) groups excluding carboxylic acids is 1. The Hall–Kier alpha value is -0.960. The molecule has 1 aromatic rings. The average Bonchev–Trinajstić information content (AvgIpc) is 2.96. The second kappa shape index (κ2) is 6.43. The van der Waals surface area contributed by atoms with Gasteiger partial charge in [-0.25, -0.2) is 13.1 Å². The quantitative estimate of drug-likeness (QED) is 0.856. The molecule has 3 N–H and O–H groups in total. The fraction of sp³-hybridized carbons (Fsp3) is 0.615. The lowest BCUT2D eigenvalue weighted by molar-refractivity contribution is 0.0537. The maximum atomic E-state index is 12.6. The molecule has 0 spiro atoms. The van der Waals surface area contributed by atoms with Gasteiger partial charge in [0.05, 0.1) is 9.77 Å². The summed E-state index contributed by atoms with van der Waals surface area (Å²) in [5.74, 6) is 0.243. The van der Waals surface area contributed by atoms with Gasteiger partial charge in [-0.1, -0.05) is 6.92 Å². The number of hydrogen-bond acceptors (Lipinski definition) is 5. The van der Waals surface area contributed by atoms with Crippen LogP contribution in [0.4, 0.5) is 0 Å². The van der Waals surface area contributed by atoms with Crippen molar-refractivity contribution in [2.75, 3.05) is 20.1 Å². The van der Waals surface area contributed by atoms with E-state index >= 15 is 0 Å². The van der Waals surface area contributed by atoms with Crippen molar-refractivity contribution >= 4 is 27.3 Å². The summed E-state index contributed by atoms with van der Waals surface area (Å²) in [5, 5.41) is 1.49. The molecule has 0 bridgehead atoms. The highest BCUT2D eigenvalue weighted by Gasteiger charge is 2.32. The molecule has 118 valence electrons. The molecular formula is C13H21N3O3S2. The minimum atomic E-state index is -3.51. The molecule has 2 rings (SSSR count). The van der Waals surface area contributed by atoms with E-state index < -0.39 is 10.0 Å². The smallest absolute Gasteiger partial charge is 0.264 e. The van der Waals surface area contributed by atoms with Gasteiger partial charge in [-0.2, -0.15) is 0 Å². The number of amides is 1. The van der Waals surface area contributed by atoms with Crippen molar-refractivity contribution in [3.63, 3.8) is 0 Å². The van der Waals surface area contributed by atoms with Gasteiger partial charge in [-0.15, -0.1) is 11.3 Å². The van der Waals surface area contributed by atoms with Crippen molar-refractivity contribution in [3.05, 3.63) is 16.3 Å². The molecule has 0 aromatic carbocycles. The van der Waals surface area contributed by atoms with Crippen LogP contribution in [0.2, 0.25) is 0 Å². The molecule has 8 heteroatoms. The van der Waals surface area contributed by atoms with Crippen LogP contribution in [0.1, 0.15) is 29.4 Å². The minimum absolute atomic E-state index is 0.0257. The van der Waals surface area contributed by atoms with Crippen LogP contribution in [0.15, 0.2) is 16.3 Å². The Kier molecular flexibility index (Phi) is 5.03. The highest BCUT2D eigenvalue weighted by atomic mass is 32.2. The van der Waals surface area contributed by atoms with Crippen LogP contribution in [0.3, 0.4) is 0 Å². The number of sulfonamides is 1. The molecule has 0 radical (unpaired) electrons. The van der Waals surface area contributed by atoms with E-state index in [0.717, 1.165) is 24.2 Å². The normalized spacial score (nSPS) is 23.3. The van der Waals surface area contributed by atoms with Gasteiger partial charge in [0.25, 0.3) is 5.91 Å². The summed E-state index contributed by atoms with van der Waals surface area (Å²) < 4.78 is 25.7. The van der Waals surface area contributed by atoms with Crippen molar-refractivity contribution in [2.24, 2.45) is 11.7 Å². The van der Waals surface area contributed by atoms with E-state index in [0.29, 0.717) is 23.9 Å². The Morgan fingerprint density at radius 3 is 2.90 bits per heavy atom. The Morgan fingerprint density at radius 2 is 2.29 bits per heavy atom. The number of nitrogens with two attached hydrogens (primary N) is 1. The molecule has 1 fully saturated rings. The van der Waals surface area contributed by atoms with Gasteiger partial charge in [0, 0.05) is 24.5 Å². The molecule has 21 heavy (non-hydrogen) atoms. The highest BCUT2D eigenvalue weighted by molar-refractivity contribution is 7.89. The van der Waals surface area contributed by atoms with Gasteiger partial charge in [0.2, 0.25) is 10.0 Å². The Morgan fingerprint density at radius 1 is 1.57 bits per heavy atom. The van der Waals surface area contributed by atoms with Gasteiger partial charge >= 0.3 is 0 Å². The summed E-state index contributed by atoms with van der Waals surface area (Å²) in [7, 11) is -2.15. The molecule has 1 saturated heterocycles. The number of likely N-dealkylation sites (tertiary alicyclic amines) is 1. The largest absolute Gasteiger partial charge is 0.333 e. The van der Waals surface area contributed by atoms with Crippen molar-refractivity contribution in [1.29, 1.82) is 0 Å². The summed E-state index contributed by atoms with van der Waals surface area (Å²) in [5.41, 5.74) is 5.80. The van der Waals surface area contributed by atoms with E-state index in [1.54, 1.807) is 4.90 Å². The standard InChI is InChI=1S/C13H21N3O3S2/c1-9-4-3-5-16(11(9)7-14)13(17)12-6-10(8-20-12)21(18,19)15-2/h6,8-9,11,15H,3-5,7,14H2,1-2H3/t9-,11+/m0/s1. The van der Waals surface area contributed by atoms with Crippen molar-refractivity contribution in [2.45, 2.75) is 30.7 Å². The molecule has 2 heterocycles. The van der Waals surface area contributed by atoms with Crippen LogP contribution >= 0.6 is 11.3 Å². The predicted octanol–water partition coefficient (Wildman–Crippen LogP) is 0.856. The van der Waals surface area contributed by atoms with Crippen LogP contribution in [0, 0.1) is 5.92 Å². The summed E-state index contributed by atoms with van der Waals surface area (Å²) in [6.07, 6.45) is 2.02. The third-order valence-corrected chi connectivity index (χ3v) is 6.44. The van der Waals surface area contributed by atoms with E-state index in [-0.39, 0.29) is 16.8 Å². The molecule has 1 aliphatic heterocycles. The lowest BCUT2D eigenvalue weighted by Crippen LogP contribution is -2.51. The van der Waals surface area contributed by atoms with E-state index in [4.69, 9.17) is 5.73 Å². The first-order valence-corrected chi connectivity index (χ1v) is 9.30.